The van der Waals surface area contributed by atoms with Gasteiger partial charge in [0, 0.05) is 37.9 Å². The molecule has 2 nitrogen and oxygen atoms in total. The predicted molar refractivity (Wildman–Crippen MR) is 59.7 cm³/mol. The van der Waals surface area contributed by atoms with Gasteiger partial charge in [0.05, 0.1) is 0 Å². The topological polar surface area (TPSA) is 6.48 Å². The maximum absolute atomic E-state index is 3.33. The molecule has 0 spiro atoms. The van der Waals surface area contributed by atoms with Gasteiger partial charge in [-0.3, -0.25) is 0 Å². The van der Waals surface area contributed by atoms with Crippen LogP contribution in [0.1, 0.15) is 5.56 Å². The van der Waals surface area contributed by atoms with E-state index in [0.29, 0.717) is 0 Å². The van der Waals surface area contributed by atoms with Crippen molar-refractivity contribution < 1.29 is 0 Å². The molecule has 0 aliphatic carbocycles. The monoisotopic (exact) mass is 189 g/mol. The Labute approximate surface area is 86.1 Å². The molecule has 1 fully saturated rings. The van der Waals surface area contributed by atoms with Gasteiger partial charge in [-0.25, -0.2) is 0 Å². The first-order valence-electron chi connectivity index (χ1n) is 5.18. The van der Waals surface area contributed by atoms with Crippen LogP contribution in [0.2, 0.25) is 0 Å². The van der Waals surface area contributed by atoms with Crippen molar-refractivity contribution in [1.29, 1.82) is 0 Å². The van der Waals surface area contributed by atoms with Crippen LogP contribution in [0, 0.1) is 13.0 Å². The summed E-state index contributed by atoms with van der Waals surface area (Å²) in [6, 6.07) is 9.54. The summed E-state index contributed by atoms with van der Waals surface area (Å²) in [5.74, 6) is 0. The molecule has 1 heterocycles. The van der Waals surface area contributed by atoms with Gasteiger partial charge < -0.3 is 9.80 Å². The van der Waals surface area contributed by atoms with Crippen molar-refractivity contribution >= 4 is 5.69 Å². The first kappa shape index (κ1) is 9.53. The number of likely N-dealkylation sites (N-methyl/N-ethyl adjacent to an activating group) is 1. The van der Waals surface area contributed by atoms with Crippen LogP contribution in [-0.4, -0.2) is 38.1 Å². The molecule has 2 rings (SSSR count). The van der Waals surface area contributed by atoms with Crippen LogP contribution in [0.5, 0.6) is 0 Å². The summed E-state index contributed by atoms with van der Waals surface area (Å²) in [4.78, 5) is 4.80. The van der Waals surface area contributed by atoms with Crippen molar-refractivity contribution in [3.05, 3.63) is 29.8 Å². The molecule has 1 aromatic carbocycles. The van der Waals surface area contributed by atoms with Gasteiger partial charge in [0.1, 0.15) is 0 Å². The summed E-state index contributed by atoms with van der Waals surface area (Å²) in [6.45, 7) is 6.71. The fraction of sp³-hybridized carbons (Fsp3) is 0.500. The molecule has 75 valence electrons. The summed E-state index contributed by atoms with van der Waals surface area (Å²) in [6.07, 6.45) is 0. The van der Waals surface area contributed by atoms with Crippen LogP contribution in [0.15, 0.2) is 18.2 Å². The van der Waals surface area contributed by atoms with Crippen LogP contribution in [0.4, 0.5) is 5.69 Å². The third-order valence-electron chi connectivity index (χ3n) is 2.86. The van der Waals surface area contributed by atoms with E-state index >= 15 is 0 Å². The normalized spacial score (nSPS) is 18.6. The second-order valence-corrected chi connectivity index (χ2v) is 3.99. The number of rotatable bonds is 1. The lowest BCUT2D eigenvalue weighted by Crippen LogP contribution is -2.44. The van der Waals surface area contributed by atoms with Crippen LogP contribution < -0.4 is 4.90 Å². The van der Waals surface area contributed by atoms with Gasteiger partial charge in [-0.05, 0) is 19.5 Å². The Bertz CT molecular complexity index is 301. The Morgan fingerprint density at radius 3 is 2.57 bits per heavy atom. The van der Waals surface area contributed by atoms with Gasteiger partial charge in [-0.15, -0.1) is 0 Å². The molecule has 0 unspecified atom stereocenters. The molecule has 14 heavy (non-hydrogen) atoms. The largest absolute Gasteiger partial charge is 0.368 e. The molecule has 1 saturated heterocycles. The van der Waals surface area contributed by atoms with E-state index in [1.54, 1.807) is 0 Å². The second kappa shape index (κ2) is 4.01. The SMILES string of the molecule is Cc1ccc[c]c1N1CCN(C)CC1. The molecule has 0 atom stereocenters. The highest BCUT2D eigenvalue weighted by atomic mass is 15.2. The summed E-state index contributed by atoms with van der Waals surface area (Å²) < 4.78 is 0. The van der Waals surface area contributed by atoms with E-state index in [1.165, 1.54) is 11.3 Å². The number of benzene rings is 1. The molecule has 0 aromatic heterocycles. The van der Waals surface area contributed by atoms with Gasteiger partial charge in [0.15, 0.2) is 0 Å². The van der Waals surface area contributed by atoms with E-state index in [1.807, 2.05) is 6.07 Å². The van der Waals surface area contributed by atoms with Gasteiger partial charge in [-0.2, -0.15) is 0 Å². The minimum absolute atomic E-state index is 1.12. The van der Waals surface area contributed by atoms with Crippen LogP contribution in [0.25, 0.3) is 0 Å². The van der Waals surface area contributed by atoms with Crippen LogP contribution in [0.3, 0.4) is 0 Å². The third kappa shape index (κ3) is 1.90. The number of hydrogen-bond acceptors (Lipinski definition) is 2. The average molecular weight is 189 g/mol. The van der Waals surface area contributed by atoms with E-state index < -0.39 is 0 Å². The first-order valence-corrected chi connectivity index (χ1v) is 5.18. The van der Waals surface area contributed by atoms with E-state index in [0.717, 1.165) is 26.2 Å². The number of nitrogens with zero attached hydrogens (tertiary/aromatic N) is 2. The number of aryl methyl sites for hydroxylation is 1. The van der Waals surface area contributed by atoms with Crippen molar-refractivity contribution in [2.75, 3.05) is 38.1 Å². The molecule has 1 aliphatic heterocycles. The Balaban J connectivity index is 2.12. The van der Waals surface area contributed by atoms with E-state index in [4.69, 9.17) is 0 Å². The number of para-hydroxylation sites is 1. The Hall–Kier alpha value is -1.02. The van der Waals surface area contributed by atoms with Crippen LogP contribution >= 0.6 is 0 Å². The Kier molecular flexibility index (Phi) is 2.73. The molecule has 0 saturated carbocycles. The standard InChI is InChI=1S/C12H17N2/c1-11-5-3-4-6-12(11)14-9-7-13(2)8-10-14/h3-5H,7-10H2,1-2H3. The minimum Gasteiger partial charge on any atom is -0.368 e. The smallest absolute Gasteiger partial charge is 0.0477 e. The van der Waals surface area contributed by atoms with Crippen molar-refractivity contribution in [2.24, 2.45) is 0 Å². The van der Waals surface area contributed by atoms with Crippen molar-refractivity contribution in [1.82, 2.24) is 4.90 Å². The molecule has 0 bridgehead atoms. The fourth-order valence-electron chi connectivity index (χ4n) is 1.88. The van der Waals surface area contributed by atoms with Gasteiger partial charge in [0.2, 0.25) is 0 Å². The van der Waals surface area contributed by atoms with E-state index in [2.05, 4.69) is 42.0 Å². The molecule has 2 heteroatoms. The predicted octanol–water partition coefficient (Wildman–Crippen LogP) is 1.55. The van der Waals surface area contributed by atoms with Crippen molar-refractivity contribution in [3.8, 4) is 0 Å². The van der Waals surface area contributed by atoms with E-state index in [9.17, 15) is 0 Å². The van der Waals surface area contributed by atoms with Crippen molar-refractivity contribution in [2.45, 2.75) is 6.92 Å². The highest BCUT2D eigenvalue weighted by molar-refractivity contribution is 5.52. The van der Waals surface area contributed by atoms with Gasteiger partial charge >= 0.3 is 0 Å². The number of piperazine rings is 1. The zero-order chi connectivity index (χ0) is 9.97. The maximum Gasteiger partial charge on any atom is 0.0477 e. The highest BCUT2D eigenvalue weighted by Gasteiger charge is 2.15. The molecular formula is C12H17N2. The van der Waals surface area contributed by atoms with Gasteiger partial charge in [-0.1, -0.05) is 18.2 Å². The molecule has 1 aliphatic rings. The molecule has 1 radical (unpaired) electrons. The van der Waals surface area contributed by atoms with Crippen molar-refractivity contribution in [3.63, 3.8) is 0 Å². The van der Waals surface area contributed by atoms with E-state index in [-0.39, 0.29) is 0 Å². The maximum atomic E-state index is 3.33. The number of anilines is 1. The van der Waals surface area contributed by atoms with Crippen LogP contribution in [-0.2, 0) is 0 Å². The number of hydrogen-bond donors (Lipinski definition) is 0. The summed E-state index contributed by atoms with van der Waals surface area (Å²) >= 11 is 0. The highest BCUT2D eigenvalue weighted by Crippen LogP contribution is 2.19. The second-order valence-electron chi connectivity index (χ2n) is 3.99. The first-order chi connectivity index (χ1) is 6.77. The zero-order valence-corrected chi connectivity index (χ0v) is 8.95. The summed E-state index contributed by atoms with van der Waals surface area (Å²) in [5.41, 5.74) is 2.61. The third-order valence-corrected chi connectivity index (χ3v) is 2.86. The molecular weight excluding hydrogens is 172 g/mol. The molecule has 0 N–H and O–H groups in total. The zero-order valence-electron chi connectivity index (χ0n) is 8.95. The Morgan fingerprint density at radius 1 is 1.21 bits per heavy atom. The quantitative estimate of drug-likeness (QED) is 0.661. The lowest BCUT2D eigenvalue weighted by atomic mass is 10.1. The molecule has 1 aromatic rings. The lowest BCUT2D eigenvalue weighted by Gasteiger charge is -2.34. The fourth-order valence-corrected chi connectivity index (χ4v) is 1.88. The minimum atomic E-state index is 1.12. The average Bonchev–Trinajstić information content (AvgIpc) is 2.20. The van der Waals surface area contributed by atoms with Gasteiger partial charge in [0.25, 0.3) is 0 Å². The molecule has 0 amide bonds. The lowest BCUT2D eigenvalue weighted by molar-refractivity contribution is 0.312. The summed E-state index contributed by atoms with van der Waals surface area (Å²) in [7, 11) is 2.18. The summed E-state index contributed by atoms with van der Waals surface area (Å²) in [5, 5.41) is 0. The Morgan fingerprint density at radius 2 is 1.93 bits per heavy atom.